The van der Waals surface area contributed by atoms with Gasteiger partial charge in [0.2, 0.25) is 0 Å². The minimum Gasteiger partial charge on any atom is -0.496 e. The number of benzene rings is 2. The molecule has 4 rings (SSSR count). The lowest BCUT2D eigenvalue weighted by Gasteiger charge is -2.21. The molecule has 35 heavy (non-hydrogen) atoms. The average Bonchev–Trinajstić information content (AvgIpc) is 2.77. The number of nitrogen functional groups attached to an aromatic ring is 1. The molecular formula is C24H25F3N4O3S. The fourth-order valence-electron chi connectivity index (χ4n) is 4.10. The van der Waals surface area contributed by atoms with Gasteiger partial charge in [-0.15, -0.1) is 0 Å². The first kappa shape index (κ1) is 24.8. The Kier molecular flexibility index (Phi) is 6.39. The second kappa shape index (κ2) is 9.03. The maximum Gasteiger partial charge on any atom is 0.416 e. The van der Waals surface area contributed by atoms with Crippen molar-refractivity contribution in [3.63, 3.8) is 0 Å². The quantitative estimate of drug-likeness (QED) is 0.473. The monoisotopic (exact) mass is 506 g/mol. The number of nitrogens with two attached hydrogens (primary N) is 1. The van der Waals surface area contributed by atoms with Gasteiger partial charge in [0.1, 0.15) is 17.4 Å². The Morgan fingerprint density at radius 2 is 1.89 bits per heavy atom. The predicted octanol–water partition coefficient (Wildman–Crippen LogP) is 4.92. The molecule has 0 bridgehead atoms. The fraction of sp³-hybridized carbons (Fsp3) is 0.333. The van der Waals surface area contributed by atoms with Crippen molar-refractivity contribution >= 4 is 37.8 Å². The molecule has 0 amide bonds. The van der Waals surface area contributed by atoms with Crippen molar-refractivity contribution in [2.45, 2.75) is 32.5 Å². The number of nitrogens with zero attached hydrogens (tertiary/aromatic N) is 2. The Morgan fingerprint density at radius 1 is 1.14 bits per heavy atom. The normalized spacial score (nSPS) is 16.6. The summed E-state index contributed by atoms with van der Waals surface area (Å²) in [6.07, 6.45) is -2.49. The highest BCUT2D eigenvalue weighted by Crippen LogP contribution is 2.37. The summed E-state index contributed by atoms with van der Waals surface area (Å²) in [5, 5.41) is 3.83. The van der Waals surface area contributed by atoms with Crippen LogP contribution in [0.1, 0.15) is 41.9 Å². The Hall–Kier alpha value is -3.34. The number of anilines is 2. The lowest BCUT2D eigenvalue weighted by molar-refractivity contribution is -0.137. The Bertz CT molecular complexity index is 1440. The first-order valence-corrected chi connectivity index (χ1v) is 12.7. The first-order valence-electron chi connectivity index (χ1n) is 10.9. The van der Waals surface area contributed by atoms with Crippen molar-refractivity contribution in [2.24, 2.45) is 0 Å². The van der Waals surface area contributed by atoms with E-state index in [1.54, 1.807) is 26.0 Å². The van der Waals surface area contributed by atoms with E-state index in [2.05, 4.69) is 15.3 Å². The van der Waals surface area contributed by atoms with Crippen molar-refractivity contribution in [1.29, 1.82) is 0 Å². The topological polar surface area (TPSA) is 107 Å². The highest BCUT2D eigenvalue weighted by molar-refractivity contribution is 7.91. The number of rotatable bonds is 5. The van der Waals surface area contributed by atoms with Gasteiger partial charge in [-0.2, -0.15) is 13.2 Å². The standard InChI is InChI=1S/C24H25F3N4O3S/c1-13(16-8-17(24(25,26)27)10-18(28)9-16)29-23-20-11-19(15-4-6-35(32,33)7-5-15)22(34-3)12-21(20)30-14(2)31-23/h4,8-13H,5-7,28H2,1-3H3,(H,29,30,31). The summed E-state index contributed by atoms with van der Waals surface area (Å²) in [6.45, 7) is 3.43. The van der Waals surface area contributed by atoms with Gasteiger partial charge < -0.3 is 15.8 Å². The molecule has 1 aliphatic heterocycles. The molecule has 0 saturated carbocycles. The molecule has 2 aromatic carbocycles. The predicted molar refractivity (Wildman–Crippen MR) is 130 cm³/mol. The van der Waals surface area contributed by atoms with Crippen LogP contribution in [0.5, 0.6) is 5.75 Å². The summed E-state index contributed by atoms with van der Waals surface area (Å²) >= 11 is 0. The first-order chi connectivity index (χ1) is 16.4. The smallest absolute Gasteiger partial charge is 0.416 e. The number of methoxy groups -OCH3 is 1. The van der Waals surface area contributed by atoms with E-state index in [1.165, 1.54) is 13.2 Å². The molecule has 0 fully saturated rings. The molecule has 1 atom stereocenters. The number of hydrogen-bond donors (Lipinski definition) is 2. The van der Waals surface area contributed by atoms with E-state index >= 15 is 0 Å². The number of fused-ring (bicyclic) bond motifs is 1. The number of aryl methyl sites for hydroxylation is 1. The van der Waals surface area contributed by atoms with Crippen LogP contribution < -0.4 is 15.8 Å². The Labute approximate surface area is 201 Å². The number of nitrogens with one attached hydrogen (secondary N) is 1. The van der Waals surface area contributed by atoms with Crippen molar-refractivity contribution in [3.8, 4) is 5.75 Å². The van der Waals surface area contributed by atoms with Gasteiger partial charge in [-0.3, -0.25) is 0 Å². The molecule has 2 heterocycles. The molecule has 11 heteroatoms. The SMILES string of the molecule is COc1cc2nc(C)nc(NC(C)c3cc(N)cc(C(F)(F)F)c3)c2cc1C1=CCS(=O)(=O)CC1. The molecule has 0 saturated heterocycles. The van der Waals surface area contributed by atoms with Crippen molar-refractivity contribution in [1.82, 2.24) is 9.97 Å². The lowest BCUT2D eigenvalue weighted by Crippen LogP contribution is -2.15. The van der Waals surface area contributed by atoms with Gasteiger partial charge in [-0.25, -0.2) is 18.4 Å². The van der Waals surface area contributed by atoms with E-state index in [4.69, 9.17) is 10.5 Å². The molecule has 186 valence electrons. The zero-order valence-electron chi connectivity index (χ0n) is 19.4. The summed E-state index contributed by atoms with van der Waals surface area (Å²) in [5.74, 6) is 1.44. The van der Waals surface area contributed by atoms with E-state index in [-0.39, 0.29) is 17.2 Å². The summed E-state index contributed by atoms with van der Waals surface area (Å²) in [7, 11) is -1.58. The number of sulfone groups is 1. The minimum atomic E-state index is -4.52. The highest BCUT2D eigenvalue weighted by atomic mass is 32.2. The molecule has 3 aromatic rings. The molecule has 0 aliphatic carbocycles. The van der Waals surface area contributed by atoms with E-state index in [9.17, 15) is 21.6 Å². The van der Waals surface area contributed by atoms with Crippen molar-refractivity contribution in [2.75, 3.05) is 29.7 Å². The van der Waals surface area contributed by atoms with Crippen LogP contribution in [0.2, 0.25) is 0 Å². The Morgan fingerprint density at radius 3 is 2.51 bits per heavy atom. The third-order valence-electron chi connectivity index (χ3n) is 5.90. The van der Waals surface area contributed by atoms with Crippen molar-refractivity contribution in [3.05, 3.63) is 58.9 Å². The number of aromatic nitrogens is 2. The van der Waals surface area contributed by atoms with E-state index < -0.39 is 27.6 Å². The number of ether oxygens (including phenoxy) is 1. The van der Waals surface area contributed by atoms with Crippen LogP contribution in [0, 0.1) is 6.92 Å². The third-order valence-corrected chi connectivity index (χ3v) is 7.40. The number of hydrogen-bond acceptors (Lipinski definition) is 7. The zero-order valence-corrected chi connectivity index (χ0v) is 20.2. The van der Waals surface area contributed by atoms with Crippen LogP contribution in [0.25, 0.3) is 16.5 Å². The van der Waals surface area contributed by atoms with Gasteiger partial charge >= 0.3 is 6.18 Å². The van der Waals surface area contributed by atoms with Crippen LogP contribution in [0.15, 0.2) is 36.4 Å². The van der Waals surface area contributed by atoms with E-state index in [0.717, 1.165) is 23.3 Å². The molecule has 0 radical (unpaired) electrons. The summed E-state index contributed by atoms with van der Waals surface area (Å²) in [6, 6.07) is 6.48. The minimum absolute atomic E-state index is 0.0124. The van der Waals surface area contributed by atoms with E-state index in [0.29, 0.717) is 40.3 Å². The van der Waals surface area contributed by atoms with Crippen LogP contribution in [-0.4, -0.2) is 37.0 Å². The maximum absolute atomic E-state index is 13.3. The summed E-state index contributed by atoms with van der Waals surface area (Å²) in [5.41, 5.74) is 7.43. The Balaban J connectivity index is 1.78. The largest absolute Gasteiger partial charge is 0.496 e. The van der Waals surface area contributed by atoms with Crippen LogP contribution in [0.3, 0.4) is 0 Å². The second-order valence-electron chi connectivity index (χ2n) is 8.53. The third kappa shape index (κ3) is 5.34. The van der Waals surface area contributed by atoms with Crippen LogP contribution >= 0.6 is 0 Å². The molecule has 7 nitrogen and oxygen atoms in total. The molecule has 3 N–H and O–H groups in total. The molecule has 1 aromatic heterocycles. The summed E-state index contributed by atoms with van der Waals surface area (Å²) < 4.78 is 69.2. The molecule has 1 unspecified atom stereocenters. The zero-order chi connectivity index (χ0) is 25.5. The van der Waals surface area contributed by atoms with Gasteiger partial charge in [0.05, 0.1) is 35.7 Å². The number of alkyl halides is 3. The lowest BCUT2D eigenvalue weighted by atomic mass is 9.99. The number of allylic oxidation sites excluding steroid dienone is 1. The summed E-state index contributed by atoms with van der Waals surface area (Å²) in [4.78, 5) is 8.97. The molecule has 0 spiro atoms. The van der Waals surface area contributed by atoms with Gasteiger partial charge in [0, 0.05) is 22.7 Å². The second-order valence-corrected chi connectivity index (χ2v) is 10.8. The highest BCUT2D eigenvalue weighted by Gasteiger charge is 2.31. The molecule has 1 aliphatic rings. The van der Waals surface area contributed by atoms with Gasteiger partial charge in [0.25, 0.3) is 0 Å². The van der Waals surface area contributed by atoms with Crippen LogP contribution in [-0.2, 0) is 16.0 Å². The fourth-order valence-corrected chi connectivity index (χ4v) is 5.26. The molecular weight excluding hydrogens is 481 g/mol. The van der Waals surface area contributed by atoms with E-state index in [1.807, 2.05) is 6.07 Å². The van der Waals surface area contributed by atoms with Gasteiger partial charge in [-0.05, 0) is 55.7 Å². The van der Waals surface area contributed by atoms with Gasteiger partial charge in [0.15, 0.2) is 9.84 Å². The van der Waals surface area contributed by atoms with Gasteiger partial charge in [-0.1, -0.05) is 6.08 Å². The maximum atomic E-state index is 13.3. The average molecular weight is 507 g/mol. The number of halogens is 3. The van der Waals surface area contributed by atoms with Crippen molar-refractivity contribution < 1.29 is 26.3 Å². The van der Waals surface area contributed by atoms with Crippen LogP contribution in [0.4, 0.5) is 24.7 Å².